The van der Waals surface area contributed by atoms with Crippen LogP contribution >= 0.6 is 0 Å². The summed E-state index contributed by atoms with van der Waals surface area (Å²) in [6.45, 7) is 8.23. The van der Waals surface area contributed by atoms with Gasteiger partial charge in [-0.05, 0) is 30.3 Å². The molecule has 0 atom stereocenters. The van der Waals surface area contributed by atoms with Crippen molar-refractivity contribution in [3.8, 4) is 16.9 Å². The van der Waals surface area contributed by atoms with Gasteiger partial charge in [0.1, 0.15) is 11.3 Å². The predicted molar refractivity (Wildman–Crippen MR) is 129 cm³/mol. The van der Waals surface area contributed by atoms with Crippen molar-refractivity contribution in [1.82, 2.24) is 19.6 Å². The average Bonchev–Trinajstić information content (AvgIpc) is 3.30. The molecule has 0 N–H and O–H groups in total. The van der Waals surface area contributed by atoms with Crippen molar-refractivity contribution in [2.24, 2.45) is 0 Å². The highest BCUT2D eigenvalue weighted by Crippen LogP contribution is 2.30. The molecular formula is C26H30N4O4. The molecule has 3 aromatic rings. The van der Waals surface area contributed by atoms with Gasteiger partial charge >= 0.3 is 11.9 Å². The number of hydrogen-bond donors (Lipinski definition) is 0. The second kappa shape index (κ2) is 10.6. The second-order valence-corrected chi connectivity index (χ2v) is 8.21. The third-order valence-corrected chi connectivity index (χ3v) is 6.17. The molecule has 2 aromatic carbocycles. The Balaban J connectivity index is 1.75. The van der Waals surface area contributed by atoms with Crippen molar-refractivity contribution < 1.29 is 19.1 Å². The van der Waals surface area contributed by atoms with E-state index in [-0.39, 0.29) is 11.3 Å². The van der Waals surface area contributed by atoms with Gasteiger partial charge < -0.3 is 14.4 Å². The van der Waals surface area contributed by atoms with Gasteiger partial charge in [0.15, 0.2) is 5.69 Å². The zero-order valence-electron chi connectivity index (χ0n) is 19.9. The summed E-state index contributed by atoms with van der Waals surface area (Å²) in [5.74, 6) is -1.30. The van der Waals surface area contributed by atoms with E-state index in [1.54, 1.807) is 0 Å². The van der Waals surface area contributed by atoms with Gasteiger partial charge in [0.05, 0.1) is 19.9 Å². The van der Waals surface area contributed by atoms with E-state index < -0.39 is 11.9 Å². The van der Waals surface area contributed by atoms with Crippen LogP contribution in [0, 0.1) is 0 Å². The maximum absolute atomic E-state index is 12.9. The van der Waals surface area contributed by atoms with Gasteiger partial charge in [0.25, 0.3) is 0 Å². The van der Waals surface area contributed by atoms with E-state index in [1.165, 1.54) is 18.9 Å². The van der Waals surface area contributed by atoms with Gasteiger partial charge in [-0.25, -0.2) is 14.3 Å². The summed E-state index contributed by atoms with van der Waals surface area (Å²) in [6, 6.07) is 17.1. The van der Waals surface area contributed by atoms with Crippen LogP contribution in [0.15, 0.2) is 54.6 Å². The molecule has 0 unspecified atom stereocenters. The molecule has 2 heterocycles. The van der Waals surface area contributed by atoms with Crippen LogP contribution in [0.2, 0.25) is 0 Å². The van der Waals surface area contributed by atoms with Gasteiger partial charge in [0, 0.05) is 38.3 Å². The lowest BCUT2D eigenvalue weighted by Gasteiger charge is -2.34. The summed E-state index contributed by atoms with van der Waals surface area (Å²) >= 11 is 0. The van der Waals surface area contributed by atoms with E-state index in [9.17, 15) is 9.59 Å². The average molecular weight is 463 g/mol. The largest absolute Gasteiger partial charge is 0.465 e. The van der Waals surface area contributed by atoms with Gasteiger partial charge in [-0.1, -0.05) is 43.3 Å². The van der Waals surface area contributed by atoms with Crippen molar-refractivity contribution >= 4 is 11.9 Å². The highest BCUT2D eigenvalue weighted by Gasteiger charge is 2.31. The Morgan fingerprint density at radius 2 is 1.56 bits per heavy atom. The Kier molecular flexibility index (Phi) is 7.40. The quantitative estimate of drug-likeness (QED) is 0.499. The van der Waals surface area contributed by atoms with E-state index in [1.807, 2.05) is 48.5 Å². The number of ether oxygens (including phenoxy) is 2. The minimum atomic E-state index is -0.659. The number of likely N-dealkylation sites (N-methyl/N-ethyl adjacent to an activating group) is 1. The van der Waals surface area contributed by atoms with Crippen molar-refractivity contribution in [3.05, 3.63) is 71.4 Å². The molecular weight excluding hydrogens is 432 g/mol. The van der Waals surface area contributed by atoms with Gasteiger partial charge in [0.2, 0.25) is 0 Å². The van der Waals surface area contributed by atoms with Crippen LogP contribution in [-0.4, -0.2) is 78.5 Å². The molecule has 8 nitrogen and oxygen atoms in total. The number of para-hydroxylation sites is 1. The first-order chi connectivity index (χ1) is 16.5. The molecule has 0 spiro atoms. The molecule has 0 bridgehead atoms. The fourth-order valence-corrected chi connectivity index (χ4v) is 4.30. The summed E-state index contributed by atoms with van der Waals surface area (Å²) in [6.07, 6.45) is 0. The number of rotatable bonds is 7. The molecule has 178 valence electrons. The molecule has 1 aliphatic rings. The maximum atomic E-state index is 12.9. The Hall–Kier alpha value is -3.49. The zero-order valence-corrected chi connectivity index (χ0v) is 19.9. The Morgan fingerprint density at radius 3 is 2.21 bits per heavy atom. The van der Waals surface area contributed by atoms with Crippen LogP contribution in [0.1, 0.15) is 33.3 Å². The standard InChI is InChI=1S/C26H30N4O4/c1-4-28-13-15-29(16-14-28)18-19-9-8-10-20(17-19)23-22(25(31)33-2)24(26(32)34-3)30(27-23)21-11-6-5-7-12-21/h5-12,17H,4,13-16,18H2,1-3H3. The number of methoxy groups -OCH3 is 2. The summed E-state index contributed by atoms with van der Waals surface area (Å²) in [5.41, 5.74) is 3.01. The molecule has 0 amide bonds. The van der Waals surface area contributed by atoms with Gasteiger partial charge in [-0.2, -0.15) is 5.10 Å². The van der Waals surface area contributed by atoms with Crippen molar-refractivity contribution in [2.75, 3.05) is 46.9 Å². The minimum Gasteiger partial charge on any atom is -0.465 e. The second-order valence-electron chi connectivity index (χ2n) is 8.21. The molecule has 34 heavy (non-hydrogen) atoms. The molecule has 8 heteroatoms. The van der Waals surface area contributed by atoms with Crippen LogP contribution < -0.4 is 0 Å². The normalized spacial score (nSPS) is 14.7. The molecule has 4 rings (SSSR count). The highest BCUT2D eigenvalue weighted by atomic mass is 16.5. The zero-order chi connectivity index (χ0) is 24.1. The third-order valence-electron chi connectivity index (χ3n) is 6.17. The number of nitrogens with zero attached hydrogens (tertiary/aromatic N) is 4. The van der Waals surface area contributed by atoms with E-state index >= 15 is 0 Å². The molecule has 1 aromatic heterocycles. The first-order valence-corrected chi connectivity index (χ1v) is 11.4. The number of carbonyl (C=O) groups is 2. The van der Waals surface area contributed by atoms with Gasteiger partial charge in [-0.3, -0.25) is 4.90 Å². The van der Waals surface area contributed by atoms with Crippen LogP contribution in [-0.2, 0) is 16.0 Å². The topological polar surface area (TPSA) is 76.9 Å². The lowest BCUT2D eigenvalue weighted by Crippen LogP contribution is -2.45. The monoisotopic (exact) mass is 462 g/mol. The van der Waals surface area contributed by atoms with Crippen molar-refractivity contribution in [1.29, 1.82) is 0 Å². The molecule has 0 aliphatic carbocycles. The SMILES string of the molecule is CCN1CCN(Cc2cccc(-c3nn(-c4ccccc4)c(C(=O)OC)c3C(=O)OC)c2)CC1. The maximum Gasteiger partial charge on any atom is 0.357 e. The van der Waals surface area contributed by atoms with E-state index in [2.05, 4.69) is 22.8 Å². The smallest absolute Gasteiger partial charge is 0.357 e. The lowest BCUT2D eigenvalue weighted by molar-refractivity contribution is 0.0549. The van der Waals surface area contributed by atoms with Gasteiger partial charge in [-0.15, -0.1) is 0 Å². The fourth-order valence-electron chi connectivity index (χ4n) is 4.30. The molecule has 1 fully saturated rings. The molecule has 0 saturated carbocycles. The molecule has 1 aliphatic heterocycles. The van der Waals surface area contributed by atoms with E-state index in [4.69, 9.17) is 14.6 Å². The van der Waals surface area contributed by atoms with E-state index in [0.717, 1.165) is 50.4 Å². The summed E-state index contributed by atoms with van der Waals surface area (Å²) in [4.78, 5) is 30.5. The highest BCUT2D eigenvalue weighted by molar-refractivity contribution is 6.06. The number of benzene rings is 2. The van der Waals surface area contributed by atoms with Crippen LogP contribution in [0.5, 0.6) is 0 Å². The third kappa shape index (κ3) is 4.88. The number of hydrogen-bond acceptors (Lipinski definition) is 7. The number of piperazine rings is 1. The minimum absolute atomic E-state index is 0.0386. The van der Waals surface area contributed by atoms with Crippen molar-refractivity contribution in [3.63, 3.8) is 0 Å². The molecule has 1 saturated heterocycles. The summed E-state index contributed by atoms with van der Waals surface area (Å²) in [7, 11) is 2.57. The van der Waals surface area contributed by atoms with Crippen molar-refractivity contribution in [2.45, 2.75) is 13.5 Å². The predicted octanol–water partition coefficient (Wildman–Crippen LogP) is 3.25. The Morgan fingerprint density at radius 1 is 0.882 bits per heavy atom. The number of aromatic nitrogens is 2. The van der Waals surface area contributed by atoms with Crippen LogP contribution in [0.25, 0.3) is 16.9 Å². The summed E-state index contributed by atoms with van der Waals surface area (Å²) in [5, 5.41) is 4.69. The first kappa shape index (κ1) is 23.7. The fraction of sp³-hybridized carbons (Fsp3) is 0.346. The Bertz CT molecular complexity index is 1150. The summed E-state index contributed by atoms with van der Waals surface area (Å²) < 4.78 is 11.5. The Labute approximate surface area is 199 Å². The number of carbonyl (C=O) groups excluding carboxylic acids is 2. The lowest BCUT2D eigenvalue weighted by atomic mass is 10.0. The van der Waals surface area contributed by atoms with E-state index in [0.29, 0.717) is 11.4 Å². The van der Waals surface area contributed by atoms with Crippen LogP contribution in [0.4, 0.5) is 0 Å². The van der Waals surface area contributed by atoms with Crippen LogP contribution in [0.3, 0.4) is 0 Å². The number of esters is 2. The first-order valence-electron chi connectivity index (χ1n) is 11.4. The molecule has 0 radical (unpaired) electrons.